The number of carbonyl (C=O) groups is 3. The molecular formula is C38H52N6O4. The number of β-amino-alcohol motifs (C(OH)–C–C–N with tert-alkyl or cyclic N) is 1. The summed E-state index contributed by atoms with van der Waals surface area (Å²) in [4.78, 5) is 46.3. The van der Waals surface area contributed by atoms with Gasteiger partial charge in [0, 0.05) is 30.6 Å². The van der Waals surface area contributed by atoms with E-state index in [1.807, 2.05) is 87.5 Å². The summed E-state index contributed by atoms with van der Waals surface area (Å²) in [6.07, 6.45) is 4.60. The molecule has 2 heterocycles. The lowest BCUT2D eigenvalue weighted by atomic mass is 9.72. The van der Waals surface area contributed by atoms with E-state index in [2.05, 4.69) is 25.8 Å². The van der Waals surface area contributed by atoms with Crippen LogP contribution in [0.5, 0.6) is 0 Å². The van der Waals surface area contributed by atoms with Crippen molar-refractivity contribution in [2.45, 2.75) is 102 Å². The number of primary amides is 1. The summed E-state index contributed by atoms with van der Waals surface area (Å²) in [5.41, 5.74) is 7.73. The molecule has 0 bridgehead atoms. The average Bonchev–Trinajstić information content (AvgIpc) is 3.05. The molecule has 3 amide bonds. The highest BCUT2D eigenvalue weighted by molar-refractivity contribution is 5.88. The number of carbonyl (C=O) groups excluding carboxylic acids is 3. The van der Waals surface area contributed by atoms with Crippen molar-refractivity contribution in [1.29, 1.82) is 0 Å². The number of hydrogen-bond donors (Lipinski definition) is 5. The molecule has 48 heavy (non-hydrogen) atoms. The smallest absolute Gasteiger partial charge is 0.237 e. The lowest BCUT2D eigenvalue weighted by Crippen LogP contribution is -2.61. The Morgan fingerprint density at radius 1 is 0.979 bits per heavy atom. The number of fused-ring (bicyclic) bond motifs is 2. The van der Waals surface area contributed by atoms with Crippen LogP contribution in [0.3, 0.4) is 0 Å². The predicted molar refractivity (Wildman–Crippen MR) is 188 cm³/mol. The highest BCUT2D eigenvalue weighted by atomic mass is 16.3. The zero-order valence-electron chi connectivity index (χ0n) is 28.5. The molecule has 6 N–H and O–H groups in total. The van der Waals surface area contributed by atoms with Crippen molar-refractivity contribution in [1.82, 2.24) is 25.8 Å². The number of aliphatic hydroxyl groups is 1. The quantitative estimate of drug-likeness (QED) is 0.189. The summed E-state index contributed by atoms with van der Waals surface area (Å²) < 4.78 is 0. The highest BCUT2D eigenvalue weighted by Gasteiger charge is 2.42. The topological polar surface area (TPSA) is 150 Å². The maximum atomic E-state index is 13.8. The van der Waals surface area contributed by atoms with Gasteiger partial charge in [0.2, 0.25) is 17.7 Å². The van der Waals surface area contributed by atoms with Crippen molar-refractivity contribution in [2.24, 2.45) is 17.6 Å². The Bertz CT molecular complexity index is 1540. The minimum atomic E-state index is -0.976. The van der Waals surface area contributed by atoms with Crippen LogP contribution in [0, 0.1) is 11.8 Å². The Labute approximate surface area is 284 Å². The Kier molecular flexibility index (Phi) is 11.8. The molecule has 0 spiro atoms. The molecule has 10 heteroatoms. The number of benzene rings is 2. The van der Waals surface area contributed by atoms with Crippen molar-refractivity contribution >= 4 is 28.6 Å². The lowest BCUT2D eigenvalue weighted by molar-refractivity contribution is -0.133. The number of amides is 3. The molecule has 0 radical (unpaired) electrons. The van der Waals surface area contributed by atoms with Gasteiger partial charge in [-0.1, -0.05) is 73.9 Å². The number of likely N-dealkylation sites (tertiary alicyclic amines) is 1. The molecule has 1 aromatic heterocycles. The minimum absolute atomic E-state index is 0.0182. The van der Waals surface area contributed by atoms with E-state index in [4.69, 9.17) is 5.73 Å². The number of para-hydroxylation sites is 1. The molecule has 2 fully saturated rings. The lowest BCUT2D eigenvalue weighted by Gasteiger charge is -2.47. The van der Waals surface area contributed by atoms with Crippen LogP contribution in [0.4, 0.5) is 0 Å². The maximum Gasteiger partial charge on any atom is 0.237 e. The number of rotatable bonds is 13. The fourth-order valence-electron chi connectivity index (χ4n) is 7.32. The summed E-state index contributed by atoms with van der Waals surface area (Å²) >= 11 is 0. The van der Waals surface area contributed by atoms with Crippen LogP contribution in [0.1, 0.15) is 70.6 Å². The fraction of sp³-hybridized carbons (Fsp3) is 0.526. The average molecular weight is 657 g/mol. The summed E-state index contributed by atoms with van der Waals surface area (Å²) in [7, 11) is 0. The number of nitrogens with zero attached hydrogens (tertiary/aromatic N) is 2. The molecule has 1 aliphatic heterocycles. The van der Waals surface area contributed by atoms with Crippen LogP contribution in [-0.4, -0.2) is 75.6 Å². The Morgan fingerprint density at radius 2 is 1.69 bits per heavy atom. The largest absolute Gasteiger partial charge is 0.390 e. The summed E-state index contributed by atoms with van der Waals surface area (Å²) in [6, 6.07) is 19.4. The van der Waals surface area contributed by atoms with Crippen molar-refractivity contribution in [3.05, 3.63) is 78.0 Å². The van der Waals surface area contributed by atoms with E-state index in [1.165, 1.54) is 12.8 Å². The zero-order valence-corrected chi connectivity index (χ0v) is 28.5. The number of piperidine rings is 1. The van der Waals surface area contributed by atoms with Gasteiger partial charge in [-0.3, -0.25) is 29.6 Å². The van der Waals surface area contributed by atoms with E-state index in [0.717, 1.165) is 48.0 Å². The van der Waals surface area contributed by atoms with E-state index in [0.29, 0.717) is 18.3 Å². The second-order valence-electron chi connectivity index (χ2n) is 14.7. The van der Waals surface area contributed by atoms with E-state index >= 15 is 0 Å². The van der Waals surface area contributed by atoms with Gasteiger partial charge >= 0.3 is 0 Å². The Balaban J connectivity index is 1.33. The predicted octanol–water partition coefficient (Wildman–Crippen LogP) is 3.45. The van der Waals surface area contributed by atoms with E-state index < -0.39 is 30.0 Å². The highest BCUT2D eigenvalue weighted by Crippen LogP contribution is 2.39. The van der Waals surface area contributed by atoms with E-state index in [9.17, 15) is 19.5 Å². The molecule has 1 aliphatic carbocycles. The van der Waals surface area contributed by atoms with E-state index in [-0.39, 0.29) is 37.0 Å². The summed E-state index contributed by atoms with van der Waals surface area (Å²) in [5, 5.41) is 22.3. The van der Waals surface area contributed by atoms with Crippen LogP contribution in [-0.2, 0) is 27.3 Å². The molecule has 10 nitrogen and oxygen atoms in total. The first kappa shape index (κ1) is 35.4. The van der Waals surface area contributed by atoms with Gasteiger partial charge in [0.25, 0.3) is 0 Å². The second kappa shape index (κ2) is 16.0. The molecule has 3 aromatic rings. The van der Waals surface area contributed by atoms with Gasteiger partial charge in [-0.15, -0.1) is 0 Å². The third-order valence-corrected chi connectivity index (χ3v) is 9.72. The second-order valence-corrected chi connectivity index (χ2v) is 14.7. The van der Waals surface area contributed by atoms with Crippen LogP contribution < -0.4 is 21.7 Å². The van der Waals surface area contributed by atoms with Crippen LogP contribution in [0.25, 0.3) is 10.9 Å². The van der Waals surface area contributed by atoms with Gasteiger partial charge in [-0.05, 0) is 69.6 Å². The first-order valence-corrected chi connectivity index (χ1v) is 17.4. The molecular weight excluding hydrogens is 604 g/mol. The van der Waals surface area contributed by atoms with Crippen molar-refractivity contribution in [2.75, 3.05) is 13.1 Å². The van der Waals surface area contributed by atoms with Crippen molar-refractivity contribution < 1.29 is 19.5 Å². The maximum absolute atomic E-state index is 13.8. The summed E-state index contributed by atoms with van der Waals surface area (Å²) in [6.45, 7) is 7.17. The van der Waals surface area contributed by atoms with Crippen molar-refractivity contribution in [3.63, 3.8) is 0 Å². The zero-order chi connectivity index (χ0) is 34.3. The molecule has 1 saturated heterocycles. The third-order valence-electron chi connectivity index (χ3n) is 9.72. The number of hydrogen-bond acceptors (Lipinski definition) is 7. The normalized spacial score (nSPS) is 21.9. The van der Waals surface area contributed by atoms with Gasteiger partial charge in [0.1, 0.15) is 0 Å². The summed E-state index contributed by atoms with van der Waals surface area (Å²) in [5.74, 6) is -0.0737. The van der Waals surface area contributed by atoms with Gasteiger partial charge in [-0.2, -0.15) is 0 Å². The van der Waals surface area contributed by atoms with Gasteiger partial charge in [0.15, 0.2) is 0 Å². The van der Waals surface area contributed by atoms with E-state index in [1.54, 1.807) is 0 Å². The SMILES string of the molecule is CC(C)(C)NC(=O)[C@@H]1C[C@@H]2CCCC[C@@H]2CN1C[C@@H](O)[C@H](Cc1ccccc1)NC(=O)[C@H](CC(N)=O)NCc1ccc2ccccc2n1. The van der Waals surface area contributed by atoms with Crippen LogP contribution in [0.15, 0.2) is 66.7 Å². The van der Waals surface area contributed by atoms with Crippen LogP contribution >= 0.6 is 0 Å². The monoisotopic (exact) mass is 656 g/mol. The Hall–Kier alpha value is -3.86. The standard InChI is InChI=1S/C38H52N6O4/c1-38(2,3)43-37(48)33-20-27-14-7-8-15-28(27)23-44(33)24-34(45)31(19-25-11-5-4-6-12-25)42-36(47)32(21-35(39)46)40-22-29-18-17-26-13-9-10-16-30(26)41-29/h4-6,9-13,16-18,27-28,31-34,40,45H,7-8,14-15,19-24H2,1-3H3,(H2,39,46)(H,42,47)(H,43,48)/t27-,28+,31-,32-,33-,34+/m0/s1. The molecule has 2 aliphatic rings. The fourth-order valence-corrected chi connectivity index (χ4v) is 7.32. The molecule has 1 saturated carbocycles. The number of nitrogens with one attached hydrogen (secondary N) is 3. The molecule has 6 atom stereocenters. The van der Waals surface area contributed by atoms with Gasteiger partial charge in [-0.25, -0.2) is 0 Å². The molecule has 5 rings (SSSR count). The number of aliphatic hydroxyl groups excluding tert-OH is 1. The molecule has 0 unspecified atom stereocenters. The van der Waals surface area contributed by atoms with Gasteiger partial charge in [0.05, 0.1) is 41.9 Å². The van der Waals surface area contributed by atoms with Crippen molar-refractivity contribution in [3.8, 4) is 0 Å². The number of aromatic nitrogens is 1. The molecule has 258 valence electrons. The van der Waals surface area contributed by atoms with Gasteiger partial charge < -0.3 is 21.5 Å². The first-order chi connectivity index (χ1) is 22.9. The Morgan fingerprint density at radius 3 is 2.42 bits per heavy atom. The first-order valence-electron chi connectivity index (χ1n) is 17.4. The molecule has 2 aromatic carbocycles. The van der Waals surface area contributed by atoms with Crippen LogP contribution in [0.2, 0.25) is 0 Å². The number of pyridine rings is 1. The number of nitrogens with two attached hydrogens (primary N) is 1. The minimum Gasteiger partial charge on any atom is -0.390 e. The third kappa shape index (κ3) is 9.84.